The van der Waals surface area contributed by atoms with Crippen molar-refractivity contribution in [1.29, 1.82) is 0 Å². The Kier molecular flexibility index (Phi) is 9.44. The molecule has 1 amide bonds. The molecular formula is C23H36N4O3. The van der Waals surface area contributed by atoms with E-state index in [1.54, 1.807) is 0 Å². The highest BCUT2D eigenvalue weighted by molar-refractivity contribution is 5.94. The Labute approximate surface area is 180 Å². The van der Waals surface area contributed by atoms with E-state index in [2.05, 4.69) is 22.5 Å². The van der Waals surface area contributed by atoms with Gasteiger partial charge in [-0.15, -0.1) is 0 Å². The van der Waals surface area contributed by atoms with E-state index >= 15 is 0 Å². The van der Waals surface area contributed by atoms with Crippen LogP contribution in [-0.2, 0) is 16.0 Å². The highest BCUT2D eigenvalue weighted by Crippen LogP contribution is 2.14. The van der Waals surface area contributed by atoms with E-state index in [9.17, 15) is 4.79 Å². The molecule has 0 aliphatic carbocycles. The molecule has 2 saturated heterocycles. The molecular weight excluding hydrogens is 380 g/mol. The van der Waals surface area contributed by atoms with Gasteiger partial charge in [-0.1, -0.05) is 12.1 Å². The van der Waals surface area contributed by atoms with Crippen LogP contribution in [0.3, 0.4) is 0 Å². The number of hydrogen-bond donors (Lipinski definition) is 2. The van der Waals surface area contributed by atoms with Gasteiger partial charge >= 0.3 is 0 Å². The first-order valence-corrected chi connectivity index (χ1v) is 11.4. The van der Waals surface area contributed by atoms with Gasteiger partial charge in [0, 0.05) is 45.0 Å². The summed E-state index contributed by atoms with van der Waals surface area (Å²) in [7, 11) is 0. The van der Waals surface area contributed by atoms with E-state index in [0.717, 1.165) is 88.8 Å². The number of amides is 1. The predicted molar refractivity (Wildman–Crippen MR) is 119 cm³/mol. The average Bonchev–Trinajstić information content (AvgIpc) is 3.31. The van der Waals surface area contributed by atoms with Crippen LogP contribution in [-0.4, -0.2) is 68.9 Å². The fourth-order valence-corrected chi connectivity index (χ4v) is 3.72. The molecule has 1 aromatic rings. The zero-order valence-electron chi connectivity index (χ0n) is 18.2. The van der Waals surface area contributed by atoms with Gasteiger partial charge in [-0.3, -0.25) is 4.79 Å². The Morgan fingerprint density at radius 3 is 2.70 bits per heavy atom. The molecule has 0 spiro atoms. The Bertz CT molecular complexity index is 666. The number of nitrogens with zero attached hydrogens (tertiary/aromatic N) is 2. The van der Waals surface area contributed by atoms with Gasteiger partial charge in [-0.2, -0.15) is 0 Å². The number of aliphatic imine (C=N–C) groups is 1. The number of nitrogens with one attached hydrogen (secondary N) is 2. The first-order chi connectivity index (χ1) is 14.8. The molecule has 0 aromatic heterocycles. The maximum Gasteiger partial charge on any atom is 0.253 e. The highest BCUT2D eigenvalue weighted by atomic mass is 16.5. The quantitative estimate of drug-likeness (QED) is 0.368. The summed E-state index contributed by atoms with van der Waals surface area (Å²) in [4.78, 5) is 19.2. The number of hydrogen-bond acceptors (Lipinski definition) is 4. The summed E-state index contributed by atoms with van der Waals surface area (Å²) in [5, 5.41) is 6.63. The monoisotopic (exact) mass is 416 g/mol. The first-order valence-electron chi connectivity index (χ1n) is 11.4. The third-order valence-electron chi connectivity index (χ3n) is 5.46. The molecule has 3 rings (SSSR count). The number of carbonyl (C=O) groups is 1. The normalized spacial score (nSPS) is 19.7. The van der Waals surface area contributed by atoms with Crippen LogP contribution in [0.15, 0.2) is 29.3 Å². The standard InChI is InChI=1S/C23H36N4O3/c1-2-24-23(25-12-6-15-30-21-11-16-29-18-21)26-17-19-7-9-20(10-8-19)22(28)27-13-4-3-5-14-27/h7-10,21H,2-6,11-18H2,1H3,(H2,24,25,26). The maximum atomic E-state index is 12.6. The summed E-state index contributed by atoms with van der Waals surface area (Å²) in [6, 6.07) is 7.85. The third-order valence-corrected chi connectivity index (χ3v) is 5.46. The lowest BCUT2D eigenvalue weighted by atomic mass is 10.1. The number of ether oxygens (including phenoxy) is 2. The molecule has 2 aliphatic heterocycles. The minimum Gasteiger partial charge on any atom is -0.379 e. The summed E-state index contributed by atoms with van der Waals surface area (Å²) in [6.45, 7) is 8.27. The van der Waals surface area contributed by atoms with E-state index in [1.165, 1.54) is 6.42 Å². The number of guanidine groups is 1. The Hall–Kier alpha value is -2.12. The lowest BCUT2D eigenvalue weighted by Crippen LogP contribution is -2.38. The van der Waals surface area contributed by atoms with Crippen molar-refractivity contribution in [2.45, 2.75) is 51.7 Å². The van der Waals surface area contributed by atoms with E-state index in [0.29, 0.717) is 6.54 Å². The van der Waals surface area contributed by atoms with Gasteiger partial charge in [0.05, 0.1) is 19.3 Å². The van der Waals surface area contributed by atoms with Gasteiger partial charge in [0.25, 0.3) is 5.91 Å². The van der Waals surface area contributed by atoms with Gasteiger partial charge in [0.2, 0.25) is 0 Å². The third kappa shape index (κ3) is 7.29. The Balaban J connectivity index is 1.42. The summed E-state index contributed by atoms with van der Waals surface area (Å²) in [5.74, 6) is 0.946. The topological polar surface area (TPSA) is 75.2 Å². The van der Waals surface area contributed by atoms with Crippen molar-refractivity contribution in [1.82, 2.24) is 15.5 Å². The molecule has 1 unspecified atom stereocenters. The van der Waals surface area contributed by atoms with Crippen molar-refractivity contribution < 1.29 is 14.3 Å². The van der Waals surface area contributed by atoms with Crippen LogP contribution in [0.1, 0.15) is 54.9 Å². The van der Waals surface area contributed by atoms with Gasteiger partial charge in [0.1, 0.15) is 0 Å². The van der Waals surface area contributed by atoms with E-state index in [-0.39, 0.29) is 12.0 Å². The van der Waals surface area contributed by atoms with E-state index < -0.39 is 0 Å². The molecule has 1 atom stereocenters. The molecule has 0 saturated carbocycles. The average molecular weight is 417 g/mol. The second-order valence-electron chi connectivity index (χ2n) is 7.88. The SMILES string of the molecule is CCNC(=NCc1ccc(C(=O)N2CCCCC2)cc1)NCCCOC1CCOC1. The minimum absolute atomic E-state index is 0.145. The number of benzene rings is 1. The fourth-order valence-electron chi connectivity index (χ4n) is 3.72. The lowest BCUT2D eigenvalue weighted by molar-refractivity contribution is 0.0420. The van der Waals surface area contributed by atoms with Crippen LogP contribution in [0.2, 0.25) is 0 Å². The van der Waals surface area contributed by atoms with Gasteiger partial charge in [-0.25, -0.2) is 4.99 Å². The number of piperidine rings is 1. The summed E-state index contributed by atoms with van der Waals surface area (Å²) in [5.41, 5.74) is 1.86. The molecule has 2 fully saturated rings. The van der Waals surface area contributed by atoms with Crippen LogP contribution in [0.5, 0.6) is 0 Å². The zero-order chi connectivity index (χ0) is 21.0. The number of likely N-dealkylation sites (tertiary alicyclic amines) is 1. The molecule has 0 bridgehead atoms. The summed E-state index contributed by atoms with van der Waals surface area (Å²) in [6.07, 6.45) is 5.64. The van der Waals surface area contributed by atoms with Crippen LogP contribution in [0.4, 0.5) is 0 Å². The molecule has 166 valence electrons. The highest BCUT2D eigenvalue weighted by Gasteiger charge is 2.18. The predicted octanol–water partition coefficient (Wildman–Crippen LogP) is 2.56. The van der Waals surface area contributed by atoms with E-state index in [1.807, 2.05) is 29.2 Å². The van der Waals surface area contributed by atoms with Crippen molar-refractivity contribution in [2.75, 3.05) is 46.0 Å². The molecule has 2 heterocycles. The maximum absolute atomic E-state index is 12.6. The number of carbonyl (C=O) groups excluding carboxylic acids is 1. The van der Waals surface area contributed by atoms with Gasteiger partial charge in [0.15, 0.2) is 5.96 Å². The number of rotatable bonds is 9. The van der Waals surface area contributed by atoms with Crippen molar-refractivity contribution >= 4 is 11.9 Å². The van der Waals surface area contributed by atoms with Gasteiger partial charge < -0.3 is 25.0 Å². The Morgan fingerprint density at radius 1 is 1.20 bits per heavy atom. The van der Waals surface area contributed by atoms with Crippen LogP contribution >= 0.6 is 0 Å². The molecule has 7 nitrogen and oxygen atoms in total. The largest absolute Gasteiger partial charge is 0.379 e. The van der Waals surface area contributed by atoms with Crippen LogP contribution in [0.25, 0.3) is 0 Å². The molecule has 2 N–H and O–H groups in total. The van der Waals surface area contributed by atoms with Crippen LogP contribution < -0.4 is 10.6 Å². The zero-order valence-corrected chi connectivity index (χ0v) is 18.2. The van der Waals surface area contributed by atoms with Gasteiger partial charge in [-0.05, 0) is 56.7 Å². The molecule has 30 heavy (non-hydrogen) atoms. The summed E-state index contributed by atoms with van der Waals surface area (Å²) < 4.78 is 11.1. The molecule has 1 aromatic carbocycles. The first kappa shape index (κ1) is 22.6. The summed E-state index contributed by atoms with van der Waals surface area (Å²) >= 11 is 0. The minimum atomic E-state index is 0.145. The smallest absolute Gasteiger partial charge is 0.253 e. The van der Waals surface area contributed by atoms with Crippen LogP contribution in [0, 0.1) is 0 Å². The molecule has 7 heteroatoms. The molecule has 2 aliphatic rings. The Morgan fingerprint density at radius 2 is 2.00 bits per heavy atom. The lowest BCUT2D eigenvalue weighted by Gasteiger charge is -2.26. The second-order valence-corrected chi connectivity index (χ2v) is 7.88. The molecule has 0 radical (unpaired) electrons. The van der Waals surface area contributed by atoms with Crippen molar-refractivity contribution in [3.63, 3.8) is 0 Å². The van der Waals surface area contributed by atoms with Crippen molar-refractivity contribution in [3.05, 3.63) is 35.4 Å². The fraction of sp³-hybridized carbons (Fsp3) is 0.652. The van der Waals surface area contributed by atoms with Crippen molar-refractivity contribution in [3.8, 4) is 0 Å². The van der Waals surface area contributed by atoms with Crippen molar-refractivity contribution in [2.24, 2.45) is 4.99 Å². The second kappa shape index (κ2) is 12.5. The van der Waals surface area contributed by atoms with E-state index in [4.69, 9.17) is 9.47 Å².